The van der Waals surface area contributed by atoms with Gasteiger partial charge in [-0.1, -0.05) is 41.5 Å². The van der Waals surface area contributed by atoms with Crippen LogP contribution in [0.2, 0.25) is 10.0 Å². The first kappa shape index (κ1) is 15.0. The zero-order valence-corrected chi connectivity index (χ0v) is 12.5. The van der Waals surface area contributed by atoms with Crippen LogP contribution in [0, 0.1) is 5.82 Å². The van der Waals surface area contributed by atoms with Crippen LogP contribution < -0.4 is 10.5 Å². The van der Waals surface area contributed by atoms with Gasteiger partial charge in [-0.05, 0) is 30.3 Å². The predicted octanol–water partition coefficient (Wildman–Crippen LogP) is 4.35. The molecule has 0 bridgehead atoms. The van der Waals surface area contributed by atoms with E-state index in [1.807, 2.05) is 0 Å². The van der Waals surface area contributed by atoms with E-state index in [0.717, 1.165) is 0 Å². The number of rotatable bonds is 4. The molecule has 2 aromatic rings. The van der Waals surface area contributed by atoms with Crippen LogP contribution in [0.15, 0.2) is 36.4 Å². The number of hydrogen-bond acceptors (Lipinski definition) is 2. The molecule has 0 unspecified atom stereocenters. The fraction of sp³-hybridized carbons (Fsp3) is 0.0714. The highest BCUT2D eigenvalue weighted by molar-refractivity contribution is 7.80. The fourth-order valence-electron chi connectivity index (χ4n) is 1.57. The van der Waals surface area contributed by atoms with Crippen LogP contribution in [0.4, 0.5) is 4.39 Å². The summed E-state index contributed by atoms with van der Waals surface area (Å²) < 4.78 is 18.5. The average molecular weight is 330 g/mol. The molecule has 0 aliphatic carbocycles. The molecule has 2 N–H and O–H groups in total. The molecule has 6 heteroatoms. The number of hydrogen-bond donors (Lipinski definition) is 1. The molecule has 2 nitrogen and oxygen atoms in total. The van der Waals surface area contributed by atoms with Crippen molar-refractivity contribution in [1.29, 1.82) is 0 Å². The van der Waals surface area contributed by atoms with Crippen LogP contribution in [-0.2, 0) is 6.61 Å². The average Bonchev–Trinajstić information content (AvgIpc) is 2.38. The van der Waals surface area contributed by atoms with E-state index in [9.17, 15) is 4.39 Å². The van der Waals surface area contributed by atoms with E-state index >= 15 is 0 Å². The molecule has 0 aromatic heterocycles. The lowest BCUT2D eigenvalue weighted by molar-refractivity contribution is 0.306. The van der Waals surface area contributed by atoms with E-state index in [2.05, 4.69) is 0 Å². The van der Waals surface area contributed by atoms with Crippen molar-refractivity contribution >= 4 is 40.4 Å². The quantitative estimate of drug-likeness (QED) is 0.847. The highest BCUT2D eigenvalue weighted by Crippen LogP contribution is 2.27. The highest BCUT2D eigenvalue weighted by Gasteiger charge is 2.07. The molecule has 0 amide bonds. The number of ether oxygens (including phenoxy) is 1. The van der Waals surface area contributed by atoms with E-state index in [0.29, 0.717) is 26.9 Å². The fourth-order valence-corrected chi connectivity index (χ4v) is 2.15. The molecule has 2 aromatic carbocycles. The zero-order chi connectivity index (χ0) is 14.7. The molecule has 104 valence electrons. The Morgan fingerprint density at radius 2 is 1.90 bits per heavy atom. The van der Waals surface area contributed by atoms with Gasteiger partial charge in [0.05, 0.1) is 10.0 Å². The summed E-state index contributed by atoms with van der Waals surface area (Å²) >= 11 is 16.8. The Morgan fingerprint density at radius 3 is 2.50 bits per heavy atom. The smallest absolute Gasteiger partial charge is 0.138 e. The summed E-state index contributed by atoms with van der Waals surface area (Å²) in [5, 5.41) is 0.703. The first-order valence-electron chi connectivity index (χ1n) is 5.63. The molecule has 0 aliphatic rings. The lowest BCUT2D eigenvalue weighted by atomic mass is 10.2. The maximum Gasteiger partial charge on any atom is 0.138 e. The molecule has 20 heavy (non-hydrogen) atoms. The van der Waals surface area contributed by atoms with Crippen LogP contribution >= 0.6 is 35.4 Å². The normalized spacial score (nSPS) is 10.3. The van der Waals surface area contributed by atoms with Crippen molar-refractivity contribution in [3.8, 4) is 5.75 Å². The highest BCUT2D eigenvalue weighted by atomic mass is 35.5. The van der Waals surface area contributed by atoms with E-state index in [-0.39, 0.29) is 11.6 Å². The standard InChI is InChI=1S/C14H10Cl2FNOS/c15-11-6-10(17)3-1-9(11)7-19-13-4-2-8(14(18)20)5-12(13)16/h1-6H,7H2,(H2,18,20). The summed E-state index contributed by atoms with van der Waals surface area (Å²) in [6, 6.07) is 9.14. The molecule has 0 aliphatic heterocycles. The summed E-state index contributed by atoms with van der Waals surface area (Å²) in [5.41, 5.74) is 6.84. The number of halogens is 3. The third-order valence-electron chi connectivity index (χ3n) is 2.61. The number of thiocarbonyl (C=S) groups is 1. The van der Waals surface area contributed by atoms with E-state index in [4.69, 9.17) is 45.9 Å². The lowest BCUT2D eigenvalue weighted by Gasteiger charge is -2.10. The molecule has 0 radical (unpaired) electrons. The molecule has 0 heterocycles. The van der Waals surface area contributed by atoms with Crippen molar-refractivity contribution in [2.75, 3.05) is 0 Å². The molecule has 0 atom stereocenters. The summed E-state index contributed by atoms with van der Waals surface area (Å²) in [6.45, 7) is 0.186. The van der Waals surface area contributed by atoms with E-state index < -0.39 is 5.82 Å². The van der Waals surface area contributed by atoms with Crippen LogP contribution in [0.1, 0.15) is 11.1 Å². The minimum Gasteiger partial charge on any atom is -0.487 e. The van der Waals surface area contributed by atoms with Gasteiger partial charge in [0.25, 0.3) is 0 Å². The second kappa shape index (κ2) is 6.39. The largest absolute Gasteiger partial charge is 0.487 e. The minimum absolute atomic E-state index is 0.186. The van der Waals surface area contributed by atoms with E-state index in [1.165, 1.54) is 12.1 Å². The van der Waals surface area contributed by atoms with Gasteiger partial charge >= 0.3 is 0 Å². The van der Waals surface area contributed by atoms with Crippen LogP contribution in [0.25, 0.3) is 0 Å². The minimum atomic E-state index is -0.391. The van der Waals surface area contributed by atoms with Gasteiger partial charge in [-0.25, -0.2) is 4.39 Å². The Balaban J connectivity index is 2.13. The molecule has 0 fully saturated rings. The predicted molar refractivity (Wildman–Crippen MR) is 83.1 cm³/mol. The molecule has 0 saturated heterocycles. The van der Waals surface area contributed by atoms with Crippen molar-refractivity contribution in [3.63, 3.8) is 0 Å². The summed E-state index contributed by atoms with van der Waals surface area (Å²) in [6.07, 6.45) is 0. The summed E-state index contributed by atoms with van der Waals surface area (Å²) in [4.78, 5) is 0.264. The van der Waals surface area contributed by atoms with Crippen LogP contribution in [0.3, 0.4) is 0 Å². The van der Waals surface area contributed by atoms with Gasteiger partial charge in [-0.15, -0.1) is 0 Å². The first-order valence-corrected chi connectivity index (χ1v) is 6.80. The number of benzene rings is 2. The second-order valence-corrected chi connectivity index (χ2v) is 5.29. The van der Waals surface area contributed by atoms with Gasteiger partial charge in [-0.2, -0.15) is 0 Å². The van der Waals surface area contributed by atoms with Gasteiger partial charge < -0.3 is 10.5 Å². The monoisotopic (exact) mass is 329 g/mol. The number of nitrogens with two attached hydrogens (primary N) is 1. The van der Waals surface area contributed by atoms with Crippen molar-refractivity contribution < 1.29 is 9.13 Å². The third-order valence-corrected chi connectivity index (χ3v) is 3.50. The Kier molecular flexibility index (Phi) is 4.81. The molecular formula is C14H10Cl2FNOS. The van der Waals surface area contributed by atoms with Crippen molar-refractivity contribution in [2.24, 2.45) is 5.73 Å². The first-order chi connectivity index (χ1) is 9.47. The third kappa shape index (κ3) is 3.60. The SMILES string of the molecule is NC(=S)c1ccc(OCc2ccc(F)cc2Cl)c(Cl)c1. The van der Waals surface area contributed by atoms with Crippen molar-refractivity contribution in [2.45, 2.75) is 6.61 Å². The Bertz CT molecular complexity index is 664. The van der Waals surface area contributed by atoms with Gasteiger partial charge in [0.1, 0.15) is 23.2 Å². The Labute approximate surface area is 131 Å². The maximum absolute atomic E-state index is 12.9. The van der Waals surface area contributed by atoms with Gasteiger partial charge in [0.15, 0.2) is 0 Å². The van der Waals surface area contributed by atoms with Crippen molar-refractivity contribution in [1.82, 2.24) is 0 Å². The van der Waals surface area contributed by atoms with Crippen LogP contribution in [-0.4, -0.2) is 4.99 Å². The Morgan fingerprint density at radius 1 is 1.15 bits per heavy atom. The van der Waals surface area contributed by atoms with E-state index in [1.54, 1.807) is 24.3 Å². The summed E-state index contributed by atoms with van der Waals surface area (Å²) in [7, 11) is 0. The maximum atomic E-state index is 12.9. The zero-order valence-electron chi connectivity index (χ0n) is 10.2. The van der Waals surface area contributed by atoms with Crippen LogP contribution in [0.5, 0.6) is 5.75 Å². The van der Waals surface area contributed by atoms with Crippen molar-refractivity contribution in [3.05, 3.63) is 63.4 Å². The second-order valence-electron chi connectivity index (χ2n) is 4.03. The topological polar surface area (TPSA) is 35.2 Å². The molecule has 0 saturated carbocycles. The van der Waals surface area contributed by atoms with Gasteiger partial charge in [-0.3, -0.25) is 0 Å². The van der Waals surface area contributed by atoms with Gasteiger partial charge in [0, 0.05) is 11.1 Å². The summed E-state index contributed by atoms with van der Waals surface area (Å²) in [5.74, 6) is 0.0876. The molecule has 0 spiro atoms. The van der Waals surface area contributed by atoms with Gasteiger partial charge in [0.2, 0.25) is 0 Å². The molecule has 2 rings (SSSR count). The lowest BCUT2D eigenvalue weighted by Crippen LogP contribution is -2.09. The molecular weight excluding hydrogens is 320 g/mol. The Hall–Kier alpha value is -1.36.